The number of anilines is 1. The Morgan fingerprint density at radius 2 is 1.86 bits per heavy atom. The van der Waals surface area contributed by atoms with Crippen LogP contribution in [0.15, 0.2) is 47.6 Å². The SMILES string of the molecule is CN(c1ccncc1)S(=O)(=O)c1cc([N+](=O)[O-])ccc1Cl. The van der Waals surface area contributed by atoms with Crippen molar-refractivity contribution in [2.45, 2.75) is 4.90 Å². The molecule has 1 aromatic heterocycles. The molecule has 0 saturated carbocycles. The lowest BCUT2D eigenvalue weighted by Crippen LogP contribution is -2.26. The van der Waals surface area contributed by atoms with Gasteiger partial charge >= 0.3 is 0 Å². The fourth-order valence-electron chi connectivity index (χ4n) is 1.64. The van der Waals surface area contributed by atoms with Crippen molar-refractivity contribution in [2.75, 3.05) is 11.4 Å². The first-order valence-electron chi connectivity index (χ1n) is 5.67. The number of pyridine rings is 1. The zero-order valence-electron chi connectivity index (χ0n) is 10.8. The van der Waals surface area contributed by atoms with Crippen molar-refractivity contribution in [1.29, 1.82) is 0 Å². The third kappa shape index (κ3) is 2.96. The number of rotatable bonds is 4. The first-order valence-corrected chi connectivity index (χ1v) is 7.49. The van der Waals surface area contributed by atoms with Crippen molar-refractivity contribution in [2.24, 2.45) is 0 Å². The van der Waals surface area contributed by atoms with E-state index in [1.807, 2.05) is 0 Å². The Morgan fingerprint density at radius 3 is 2.43 bits per heavy atom. The van der Waals surface area contributed by atoms with Crippen molar-refractivity contribution >= 4 is 33.0 Å². The van der Waals surface area contributed by atoms with E-state index < -0.39 is 14.9 Å². The molecule has 9 heteroatoms. The molecular weight excluding hydrogens is 318 g/mol. The van der Waals surface area contributed by atoms with Gasteiger partial charge in [-0.3, -0.25) is 19.4 Å². The Balaban J connectivity index is 2.54. The van der Waals surface area contributed by atoms with Crippen LogP contribution in [-0.2, 0) is 10.0 Å². The molecule has 0 aliphatic heterocycles. The van der Waals surface area contributed by atoms with E-state index in [4.69, 9.17) is 11.6 Å². The summed E-state index contributed by atoms with van der Waals surface area (Å²) < 4.78 is 26.0. The average Bonchev–Trinajstić information content (AvgIpc) is 2.47. The molecule has 2 rings (SSSR count). The molecule has 0 bridgehead atoms. The molecule has 110 valence electrons. The normalized spacial score (nSPS) is 11.1. The van der Waals surface area contributed by atoms with Crippen LogP contribution in [0.25, 0.3) is 0 Å². The van der Waals surface area contributed by atoms with Gasteiger partial charge in [-0.2, -0.15) is 0 Å². The zero-order valence-corrected chi connectivity index (χ0v) is 12.4. The minimum Gasteiger partial charge on any atom is -0.269 e. The first kappa shape index (κ1) is 15.2. The highest BCUT2D eigenvalue weighted by Crippen LogP contribution is 2.30. The Hall–Kier alpha value is -2.19. The third-order valence-corrected chi connectivity index (χ3v) is 5.06. The van der Waals surface area contributed by atoms with Gasteiger partial charge in [-0.1, -0.05) is 11.6 Å². The predicted molar refractivity (Wildman–Crippen MR) is 77.9 cm³/mol. The Bertz CT molecular complexity index is 780. The summed E-state index contributed by atoms with van der Waals surface area (Å²) in [5, 5.41) is 10.7. The molecule has 1 heterocycles. The second kappa shape index (κ2) is 5.66. The van der Waals surface area contributed by atoms with E-state index in [1.54, 1.807) is 0 Å². The number of non-ortho nitro benzene ring substituents is 1. The molecule has 1 aromatic carbocycles. The number of nitro groups is 1. The summed E-state index contributed by atoms with van der Waals surface area (Å²) in [6.45, 7) is 0. The van der Waals surface area contributed by atoms with Crippen LogP contribution in [0.5, 0.6) is 0 Å². The van der Waals surface area contributed by atoms with Crippen molar-refractivity contribution in [3.8, 4) is 0 Å². The largest absolute Gasteiger partial charge is 0.270 e. The lowest BCUT2D eigenvalue weighted by Gasteiger charge is -2.19. The molecule has 0 saturated heterocycles. The summed E-state index contributed by atoms with van der Waals surface area (Å²) in [5.41, 5.74) is 0.0219. The number of hydrogen-bond acceptors (Lipinski definition) is 5. The maximum Gasteiger partial charge on any atom is 0.270 e. The van der Waals surface area contributed by atoms with Gasteiger partial charge in [0.05, 0.1) is 15.6 Å². The molecule has 0 N–H and O–H groups in total. The third-order valence-electron chi connectivity index (χ3n) is 2.79. The van der Waals surface area contributed by atoms with Crippen LogP contribution in [0.1, 0.15) is 0 Å². The highest BCUT2D eigenvalue weighted by atomic mass is 35.5. The Kier molecular flexibility index (Phi) is 4.10. The predicted octanol–water partition coefficient (Wildman–Crippen LogP) is 2.47. The number of sulfonamides is 1. The number of nitro benzene ring substituents is 1. The number of hydrogen-bond donors (Lipinski definition) is 0. The fraction of sp³-hybridized carbons (Fsp3) is 0.0833. The summed E-state index contributed by atoms with van der Waals surface area (Å²) in [4.78, 5) is 13.6. The Labute approximate surface area is 126 Å². The molecule has 21 heavy (non-hydrogen) atoms. The monoisotopic (exact) mass is 327 g/mol. The van der Waals surface area contributed by atoms with E-state index in [0.29, 0.717) is 5.69 Å². The van der Waals surface area contributed by atoms with Crippen molar-refractivity contribution in [3.63, 3.8) is 0 Å². The summed E-state index contributed by atoms with van der Waals surface area (Å²) in [5.74, 6) is 0. The van der Waals surface area contributed by atoms with Gasteiger partial charge in [0, 0.05) is 31.6 Å². The topological polar surface area (TPSA) is 93.4 Å². The van der Waals surface area contributed by atoms with E-state index in [0.717, 1.165) is 16.4 Å². The van der Waals surface area contributed by atoms with Crippen molar-refractivity contribution in [1.82, 2.24) is 4.98 Å². The second-order valence-electron chi connectivity index (χ2n) is 4.05. The van der Waals surface area contributed by atoms with Gasteiger partial charge in [0.2, 0.25) is 0 Å². The average molecular weight is 328 g/mol. The number of aromatic nitrogens is 1. The minimum absolute atomic E-state index is 0.0819. The van der Waals surface area contributed by atoms with Crippen LogP contribution in [0.2, 0.25) is 5.02 Å². The van der Waals surface area contributed by atoms with Crippen molar-refractivity contribution in [3.05, 3.63) is 57.9 Å². The number of halogens is 1. The van der Waals surface area contributed by atoms with Crippen LogP contribution in [0.3, 0.4) is 0 Å². The van der Waals surface area contributed by atoms with Gasteiger partial charge in [-0.15, -0.1) is 0 Å². The number of benzene rings is 1. The van der Waals surface area contributed by atoms with E-state index >= 15 is 0 Å². The van der Waals surface area contributed by atoms with Gasteiger partial charge in [0.15, 0.2) is 0 Å². The fourth-order valence-corrected chi connectivity index (χ4v) is 3.33. The van der Waals surface area contributed by atoms with Crippen LogP contribution in [-0.4, -0.2) is 25.4 Å². The van der Waals surface area contributed by atoms with E-state index in [9.17, 15) is 18.5 Å². The molecule has 0 atom stereocenters. The van der Waals surface area contributed by atoms with Gasteiger partial charge in [-0.05, 0) is 18.2 Å². The molecule has 0 unspecified atom stereocenters. The van der Waals surface area contributed by atoms with Gasteiger partial charge in [-0.25, -0.2) is 8.42 Å². The summed E-state index contributed by atoms with van der Waals surface area (Å²) in [6.07, 6.45) is 2.88. The van der Waals surface area contributed by atoms with E-state index in [-0.39, 0.29) is 15.6 Å². The quantitative estimate of drug-likeness (QED) is 0.635. The maximum atomic E-state index is 12.5. The smallest absolute Gasteiger partial charge is 0.269 e. The summed E-state index contributed by atoms with van der Waals surface area (Å²) >= 11 is 5.88. The molecule has 0 aliphatic rings. The Morgan fingerprint density at radius 1 is 1.24 bits per heavy atom. The number of nitrogens with zero attached hydrogens (tertiary/aromatic N) is 3. The highest BCUT2D eigenvalue weighted by Gasteiger charge is 2.26. The van der Waals surface area contributed by atoms with Gasteiger partial charge in [0.1, 0.15) is 4.90 Å². The molecule has 7 nitrogen and oxygen atoms in total. The second-order valence-corrected chi connectivity index (χ2v) is 6.39. The van der Waals surface area contributed by atoms with Crippen LogP contribution < -0.4 is 4.31 Å². The van der Waals surface area contributed by atoms with E-state index in [2.05, 4.69) is 4.98 Å². The minimum atomic E-state index is -4.01. The summed E-state index contributed by atoms with van der Waals surface area (Å²) in [7, 11) is -2.68. The molecule has 0 fully saturated rings. The van der Waals surface area contributed by atoms with E-state index in [1.165, 1.54) is 37.6 Å². The molecule has 0 radical (unpaired) electrons. The van der Waals surface area contributed by atoms with Crippen LogP contribution >= 0.6 is 11.6 Å². The lowest BCUT2D eigenvalue weighted by atomic mass is 10.3. The highest BCUT2D eigenvalue weighted by molar-refractivity contribution is 7.93. The van der Waals surface area contributed by atoms with Crippen molar-refractivity contribution < 1.29 is 13.3 Å². The van der Waals surface area contributed by atoms with Gasteiger partial charge < -0.3 is 0 Å². The van der Waals surface area contributed by atoms with Crippen LogP contribution in [0, 0.1) is 10.1 Å². The molecular formula is C12H10ClN3O4S. The maximum absolute atomic E-state index is 12.5. The summed E-state index contributed by atoms with van der Waals surface area (Å²) in [6, 6.07) is 6.28. The molecule has 2 aromatic rings. The van der Waals surface area contributed by atoms with Crippen LogP contribution in [0.4, 0.5) is 11.4 Å². The molecule has 0 amide bonds. The standard InChI is InChI=1S/C12H10ClN3O4S/c1-15(9-4-6-14-7-5-9)21(19,20)12-8-10(16(17)18)2-3-11(12)13/h2-8H,1H3. The zero-order chi connectivity index (χ0) is 15.6. The molecule has 0 spiro atoms. The lowest BCUT2D eigenvalue weighted by molar-refractivity contribution is -0.385. The first-order chi connectivity index (χ1) is 9.84. The molecule has 0 aliphatic carbocycles. The van der Waals surface area contributed by atoms with Gasteiger partial charge in [0.25, 0.3) is 15.7 Å².